The molecule has 0 saturated carbocycles. The Hall–Kier alpha value is -2.09. The molecule has 0 unspecified atom stereocenters. The highest BCUT2D eigenvalue weighted by Gasteiger charge is 2.24. The van der Waals surface area contributed by atoms with Gasteiger partial charge in [0.2, 0.25) is 0 Å². The highest BCUT2D eigenvalue weighted by Crippen LogP contribution is 2.34. The van der Waals surface area contributed by atoms with Crippen LogP contribution in [0.2, 0.25) is 0 Å². The molecule has 1 atom stereocenters. The monoisotopic (exact) mass is 379 g/mol. The Balaban J connectivity index is 2.83. The number of thioether (sulfide) groups is 1. The topological polar surface area (TPSA) is 83.2 Å². The molecule has 2 aromatic heterocycles. The molecular weight excluding hydrogens is 354 g/mol. The Kier molecular flexibility index (Phi) is 6.28. The van der Waals surface area contributed by atoms with Crippen molar-refractivity contribution in [2.24, 2.45) is 20.0 Å². The minimum absolute atomic E-state index is 0.327. The maximum absolute atomic E-state index is 12.8. The number of nitrogens with zero attached hydrogens (tertiary/aromatic N) is 3. The number of pyridine rings is 1. The van der Waals surface area contributed by atoms with E-state index in [2.05, 4.69) is 18.8 Å². The molecule has 0 spiro atoms. The van der Waals surface area contributed by atoms with Crippen LogP contribution in [0, 0.1) is 5.92 Å². The fourth-order valence-electron chi connectivity index (χ4n) is 2.83. The fourth-order valence-corrected chi connectivity index (χ4v) is 4.06. The molecule has 7 nitrogen and oxygen atoms in total. The minimum atomic E-state index is -0.432. The molecule has 0 saturated heterocycles. The minimum Gasteiger partial charge on any atom is -0.468 e. The highest BCUT2D eigenvalue weighted by atomic mass is 32.2. The molecule has 0 aliphatic rings. The molecule has 0 fully saturated rings. The van der Waals surface area contributed by atoms with Crippen molar-refractivity contribution in [3.8, 4) is 0 Å². The standard InChI is InChI=1S/C18H25N3O4S/c1-7-12(17(23)25-6)26-14-11(8-10(2)3)9-19-15-13(14)16(22)21(5)18(24)20(15)4/h9-10,12H,7-8H2,1-6H3/t12-/m0/s1. The lowest BCUT2D eigenvalue weighted by molar-refractivity contribution is -0.140. The SMILES string of the molecule is CC[C@H](Sc1c(CC(C)C)cnc2c1c(=O)n(C)c(=O)n2C)C(=O)OC. The predicted octanol–water partition coefficient (Wildman–Crippen LogP) is 1.87. The molecule has 0 aliphatic heterocycles. The van der Waals surface area contributed by atoms with Crippen LogP contribution < -0.4 is 11.2 Å². The summed E-state index contributed by atoms with van der Waals surface area (Å²) in [7, 11) is 4.39. The average Bonchev–Trinajstić information content (AvgIpc) is 2.62. The summed E-state index contributed by atoms with van der Waals surface area (Å²) in [6.45, 7) is 6.05. The number of carbonyl (C=O) groups is 1. The third-order valence-corrected chi connectivity index (χ3v) is 5.73. The van der Waals surface area contributed by atoms with E-state index in [4.69, 9.17) is 4.74 Å². The van der Waals surface area contributed by atoms with Gasteiger partial charge in [-0.1, -0.05) is 20.8 Å². The average molecular weight is 379 g/mol. The summed E-state index contributed by atoms with van der Waals surface area (Å²) in [6, 6.07) is 0. The number of aryl methyl sites for hydroxylation is 1. The number of fused-ring (bicyclic) bond motifs is 1. The molecular formula is C18H25N3O4S. The van der Waals surface area contributed by atoms with E-state index >= 15 is 0 Å². The number of ether oxygens (including phenoxy) is 1. The quantitative estimate of drug-likeness (QED) is 0.563. The number of hydrogen-bond donors (Lipinski definition) is 0. The van der Waals surface area contributed by atoms with Gasteiger partial charge in [-0.05, 0) is 24.3 Å². The van der Waals surface area contributed by atoms with Gasteiger partial charge in [0, 0.05) is 25.2 Å². The van der Waals surface area contributed by atoms with Crippen molar-refractivity contribution in [2.75, 3.05) is 7.11 Å². The molecule has 0 bridgehead atoms. The lowest BCUT2D eigenvalue weighted by Crippen LogP contribution is -2.37. The van der Waals surface area contributed by atoms with E-state index in [1.165, 1.54) is 30.5 Å². The van der Waals surface area contributed by atoms with Crippen molar-refractivity contribution < 1.29 is 9.53 Å². The molecule has 26 heavy (non-hydrogen) atoms. The van der Waals surface area contributed by atoms with Gasteiger partial charge in [-0.25, -0.2) is 9.78 Å². The molecule has 0 aliphatic carbocycles. The van der Waals surface area contributed by atoms with Crippen LogP contribution in [-0.4, -0.2) is 32.4 Å². The van der Waals surface area contributed by atoms with Gasteiger partial charge in [0.1, 0.15) is 10.9 Å². The van der Waals surface area contributed by atoms with E-state index in [1.807, 2.05) is 6.92 Å². The lowest BCUT2D eigenvalue weighted by atomic mass is 10.0. The van der Waals surface area contributed by atoms with Crippen LogP contribution in [0.4, 0.5) is 0 Å². The van der Waals surface area contributed by atoms with Crippen molar-refractivity contribution in [3.63, 3.8) is 0 Å². The summed E-state index contributed by atoms with van der Waals surface area (Å²) >= 11 is 1.31. The Bertz CT molecular complexity index is 946. The van der Waals surface area contributed by atoms with Crippen molar-refractivity contribution in [1.82, 2.24) is 14.1 Å². The second-order valence-electron chi connectivity index (χ2n) is 6.65. The van der Waals surface area contributed by atoms with Gasteiger partial charge in [-0.2, -0.15) is 0 Å². The zero-order chi connectivity index (χ0) is 19.6. The predicted molar refractivity (Wildman–Crippen MR) is 103 cm³/mol. The zero-order valence-electron chi connectivity index (χ0n) is 16.0. The van der Waals surface area contributed by atoms with E-state index in [1.54, 1.807) is 13.2 Å². The van der Waals surface area contributed by atoms with Crippen LogP contribution in [0.25, 0.3) is 11.0 Å². The van der Waals surface area contributed by atoms with Gasteiger partial charge >= 0.3 is 11.7 Å². The first-order chi connectivity index (χ1) is 12.2. The summed E-state index contributed by atoms with van der Waals surface area (Å²) < 4.78 is 7.33. The van der Waals surface area contributed by atoms with E-state index in [0.29, 0.717) is 28.3 Å². The second kappa shape index (κ2) is 8.07. The maximum atomic E-state index is 12.8. The van der Waals surface area contributed by atoms with Gasteiger partial charge in [-0.15, -0.1) is 11.8 Å². The Morgan fingerprint density at radius 3 is 2.46 bits per heavy atom. The first kappa shape index (κ1) is 20.2. The van der Waals surface area contributed by atoms with Crippen LogP contribution in [-0.2, 0) is 30.0 Å². The Morgan fingerprint density at radius 1 is 1.27 bits per heavy atom. The van der Waals surface area contributed by atoms with Crippen LogP contribution in [0.15, 0.2) is 20.7 Å². The van der Waals surface area contributed by atoms with E-state index in [0.717, 1.165) is 16.6 Å². The largest absolute Gasteiger partial charge is 0.468 e. The first-order valence-electron chi connectivity index (χ1n) is 8.54. The number of esters is 1. The van der Waals surface area contributed by atoms with Gasteiger partial charge in [0.15, 0.2) is 0 Å². The second-order valence-corrected chi connectivity index (χ2v) is 7.87. The molecule has 0 amide bonds. The van der Waals surface area contributed by atoms with Crippen LogP contribution in [0.1, 0.15) is 32.8 Å². The van der Waals surface area contributed by atoms with Crippen LogP contribution >= 0.6 is 11.8 Å². The van der Waals surface area contributed by atoms with Crippen molar-refractivity contribution in [3.05, 3.63) is 32.6 Å². The highest BCUT2D eigenvalue weighted by molar-refractivity contribution is 8.00. The summed E-state index contributed by atoms with van der Waals surface area (Å²) in [4.78, 5) is 42.2. The smallest absolute Gasteiger partial charge is 0.332 e. The molecule has 142 valence electrons. The molecule has 2 rings (SSSR count). The number of aromatic nitrogens is 3. The van der Waals surface area contributed by atoms with Crippen LogP contribution in [0.5, 0.6) is 0 Å². The number of hydrogen-bond acceptors (Lipinski definition) is 6. The molecule has 0 N–H and O–H groups in total. The van der Waals surface area contributed by atoms with E-state index in [-0.39, 0.29) is 5.97 Å². The van der Waals surface area contributed by atoms with E-state index < -0.39 is 16.5 Å². The normalized spacial score (nSPS) is 12.6. The molecule has 0 radical (unpaired) electrons. The van der Waals surface area contributed by atoms with Crippen LogP contribution in [0.3, 0.4) is 0 Å². The molecule has 2 aromatic rings. The van der Waals surface area contributed by atoms with Crippen molar-refractivity contribution in [1.29, 1.82) is 0 Å². The van der Waals surface area contributed by atoms with Crippen molar-refractivity contribution in [2.45, 2.75) is 43.8 Å². The number of rotatable bonds is 6. The van der Waals surface area contributed by atoms with Gasteiger partial charge < -0.3 is 4.74 Å². The fraction of sp³-hybridized carbons (Fsp3) is 0.556. The van der Waals surface area contributed by atoms with Crippen molar-refractivity contribution >= 4 is 28.8 Å². The summed E-state index contributed by atoms with van der Waals surface area (Å²) in [5.41, 5.74) is 0.398. The van der Waals surface area contributed by atoms with Gasteiger partial charge in [0.25, 0.3) is 5.56 Å². The molecule has 0 aromatic carbocycles. The lowest BCUT2D eigenvalue weighted by Gasteiger charge is -2.18. The van der Waals surface area contributed by atoms with Gasteiger partial charge in [0.05, 0.1) is 12.5 Å². The number of carbonyl (C=O) groups excluding carboxylic acids is 1. The number of methoxy groups -OCH3 is 1. The maximum Gasteiger partial charge on any atom is 0.332 e. The third kappa shape index (κ3) is 3.70. The Labute approximate surface area is 156 Å². The first-order valence-corrected chi connectivity index (χ1v) is 9.42. The molecule has 2 heterocycles. The zero-order valence-corrected chi connectivity index (χ0v) is 16.8. The molecule has 8 heteroatoms. The third-order valence-electron chi connectivity index (χ3n) is 4.22. The van der Waals surface area contributed by atoms with E-state index in [9.17, 15) is 14.4 Å². The summed E-state index contributed by atoms with van der Waals surface area (Å²) in [5.74, 6) is 0.0165. The van der Waals surface area contributed by atoms with Gasteiger partial charge in [-0.3, -0.25) is 18.7 Å². The Morgan fingerprint density at radius 2 is 1.92 bits per heavy atom. The summed E-state index contributed by atoms with van der Waals surface area (Å²) in [6.07, 6.45) is 2.98. The summed E-state index contributed by atoms with van der Waals surface area (Å²) in [5, 5.41) is -0.0569.